The number of aromatic nitrogens is 4. The number of rotatable bonds is 7. The van der Waals surface area contributed by atoms with Gasteiger partial charge in [-0.3, -0.25) is 9.55 Å². The summed E-state index contributed by atoms with van der Waals surface area (Å²) in [6.45, 7) is 12.8. The standard InChI is InChI=1S/C55H48N4O/c1-54(2,3)46-35-49(55(4,5)6)57-51(52(46)60)53-58-50-45(23-16-24-48(50)59(53)44-21-14-9-15-22-44)42-31-41(37-19-12-8-13-20-37)32-43(33-42)47-34-40(29-30-56-47)39-27-25-38(26-28-39)36-17-10-7-11-18-36/h7-35,60H,1-6H3. The van der Waals surface area contributed by atoms with Crippen LogP contribution in [0.3, 0.4) is 0 Å². The molecule has 294 valence electrons. The molecular formula is C55H48N4O. The highest BCUT2D eigenvalue weighted by Gasteiger charge is 2.30. The first-order valence-electron chi connectivity index (χ1n) is 20.6. The van der Waals surface area contributed by atoms with Crippen molar-refractivity contribution in [2.75, 3.05) is 0 Å². The molecule has 0 aliphatic heterocycles. The van der Waals surface area contributed by atoms with Crippen molar-refractivity contribution >= 4 is 11.0 Å². The molecule has 3 aromatic heterocycles. The summed E-state index contributed by atoms with van der Waals surface area (Å²) in [5, 5.41) is 12.1. The molecule has 0 amide bonds. The van der Waals surface area contributed by atoms with Crippen LogP contribution in [0.4, 0.5) is 0 Å². The first-order chi connectivity index (χ1) is 28.9. The van der Waals surface area contributed by atoms with Crippen molar-refractivity contribution in [3.05, 3.63) is 187 Å². The molecule has 9 rings (SSSR count). The fraction of sp³-hybridized carbons (Fsp3) is 0.145. The molecule has 0 unspecified atom stereocenters. The topological polar surface area (TPSA) is 63.8 Å². The van der Waals surface area contributed by atoms with E-state index >= 15 is 0 Å². The van der Waals surface area contributed by atoms with Crippen LogP contribution in [0.25, 0.3) is 84.0 Å². The Morgan fingerprint density at radius 1 is 0.467 bits per heavy atom. The molecule has 0 aliphatic carbocycles. The van der Waals surface area contributed by atoms with E-state index < -0.39 is 0 Å². The zero-order valence-corrected chi connectivity index (χ0v) is 35.0. The predicted molar refractivity (Wildman–Crippen MR) is 248 cm³/mol. The maximum absolute atomic E-state index is 12.1. The number of benzene rings is 6. The summed E-state index contributed by atoms with van der Waals surface area (Å²) in [7, 11) is 0. The number of fused-ring (bicyclic) bond motifs is 1. The molecule has 0 radical (unpaired) electrons. The second-order valence-corrected chi connectivity index (χ2v) is 17.6. The molecule has 6 aromatic carbocycles. The summed E-state index contributed by atoms with van der Waals surface area (Å²) in [6, 6.07) is 59.2. The summed E-state index contributed by atoms with van der Waals surface area (Å²) in [5.74, 6) is 0.739. The van der Waals surface area contributed by atoms with Crippen LogP contribution >= 0.6 is 0 Å². The lowest BCUT2D eigenvalue weighted by atomic mass is 9.82. The lowest BCUT2D eigenvalue weighted by Gasteiger charge is -2.26. The summed E-state index contributed by atoms with van der Waals surface area (Å²) in [6.07, 6.45) is 1.90. The predicted octanol–water partition coefficient (Wildman–Crippen LogP) is 14.1. The second-order valence-electron chi connectivity index (χ2n) is 17.6. The molecule has 0 bridgehead atoms. The van der Waals surface area contributed by atoms with Crippen molar-refractivity contribution in [2.45, 2.75) is 52.4 Å². The number of nitrogens with zero attached hydrogens (tertiary/aromatic N) is 4. The van der Waals surface area contributed by atoms with Crippen molar-refractivity contribution in [3.63, 3.8) is 0 Å². The van der Waals surface area contributed by atoms with Gasteiger partial charge >= 0.3 is 0 Å². The third-order valence-electron chi connectivity index (χ3n) is 11.2. The zero-order valence-electron chi connectivity index (χ0n) is 35.0. The minimum atomic E-state index is -0.332. The van der Waals surface area contributed by atoms with E-state index in [4.69, 9.17) is 15.0 Å². The summed E-state index contributed by atoms with van der Waals surface area (Å²) < 4.78 is 2.13. The van der Waals surface area contributed by atoms with Crippen LogP contribution in [0.5, 0.6) is 5.75 Å². The molecule has 60 heavy (non-hydrogen) atoms. The van der Waals surface area contributed by atoms with Crippen molar-refractivity contribution in [1.82, 2.24) is 19.5 Å². The quantitative estimate of drug-likeness (QED) is 0.175. The number of hydrogen-bond acceptors (Lipinski definition) is 4. The molecule has 5 nitrogen and oxygen atoms in total. The maximum Gasteiger partial charge on any atom is 0.168 e. The molecule has 1 N–H and O–H groups in total. The highest BCUT2D eigenvalue weighted by Crippen LogP contribution is 2.43. The summed E-state index contributed by atoms with van der Waals surface area (Å²) in [4.78, 5) is 15.6. The minimum Gasteiger partial charge on any atom is -0.505 e. The van der Waals surface area contributed by atoms with E-state index in [0.717, 1.165) is 72.6 Å². The Morgan fingerprint density at radius 2 is 1.03 bits per heavy atom. The van der Waals surface area contributed by atoms with Crippen LogP contribution in [0, 0.1) is 0 Å². The van der Waals surface area contributed by atoms with Gasteiger partial charge in [-0.25, -0.2) is 9.97 Å². The first-order valence-corrected chi connectivity index (χ1v) is 20.6. The van der Waals surface area contributed by atoms with Crippen molar-refractivity contribution in [3.8, 4) is 78.7 Å². The minimum absolute atomic E-state index is 0.151. The monoisotopic (exact) mass is 780 g/mol. The highest BCUT2D eigenvalue weighted by atomic mass is 16.3. The van der Waals surface area contributed by atoms with E-state index in [9.17, 15) is 5.11 Å². The Hall–Kier alpha value is -7.11. The van der Waals surface area contributed by atoms with Crippen LogP contribution in [0.2, 0.25) is 0 Å². The van der Waals surface area contributed by atoms with Gasteiger partial charge in [0.05, 0.1) is 16.7 Å². The Morgan fingerprint density at radius 3 is 1.67 bits per heavy atom. The highest BCUT2D eigenvalue weighted by molar-refractivity contribution is 5.97. The molecule has 5 heteroatoms. The lowest BCUT2D eigenvalue weighted by Crippen LogP contribution is -2.19. The van der Waals surface area contributed by atoms with Crippen LogP contribution in [0.15, 0.2) is 176 Å². The van der Waals surface area contributed by atoms with E-state index in [-0.39, 0.29) is 16.6 Å². The number of aromatic hydroxyl groups is 1. The largest absolute Gasteiger partial charge is 0.505 e. The Bertz CT molecular complexity index is 2970. The van der Waals surface area contributed by atoms with Gasteiger partial charge in [-0.05, 0) is 99.0 Å². The van der Waals surface area contributed by atoms with Crippen LogP contribution in [-0.2, 0) is 10.8 Å². The fourth-order valence-corrected chi connectivity index (χ4v) is 7.96. The number of imidazole rings is 1. The molecule has 0 saturated carbocycles. The van der Waals surface area contributed by atoms with Crippen molar-refractivity contribution in [1.29, 1.82) is 0 Å². The molecule has 9 aromatic rings. The van der Waals surface area contributed by atoms with Crippen molar-refractivity contribution < 1.29 is 5.11 Å². The smallest absolute Gasteiger partial charge is 0.168 e. The van der Waals surface area contributed by atoms with Crippen LogP contribution in [0.1, 0.15) is 52.8 Å². The average Bonchev–Trinajstić information content (AvgIpc) is 3.66. The molecular weight excluding hydrogens is 733 g/mol. The lowest BCUT2D eigenvalue weighted by molar-refractivity contribution is 0.441. The molecule has 0 aliphatic rings. The van der Waals surface area contributed by atoms with Gasteiger partial charge in [-0.1, -0.05) is 157 Å². The zero-order chi connectivity index (χ0) is 41.6. The summed E-state index contributed by atoms with van der Waals surface area (Å²) in [5.41, 5.74) is 14.9. The van der Waals surface area contributed by atoms with Gasteiger partial charge in [-0.15, -0.1) is 0 Å². The van der Waals surface area contributed by atoms with E-state index in [0.29, 0.717) is 11.5 Å². The molecule has 0 fully saturated rings. The number of hydrogen-bond donors (Lipinski definition) is 1. The molecule has 0 saturated heterocycles. The second kappa shape index (κ2) is 15.2. The number of pyridine rings is 2. The Balaban J connectivity index is 1.24. The molecule has 3 heterocycles. The number of para-hydroxylation sites is 2. The van der Waals surface area contributed by atoms with E-state index in [2.05, 4.69) is 186 Å². The van der Waals surface area contributed by atoms with Gasteiger partial charge in [0.25, 0.3) is 0 Å². The van der Waals surface area contributed by atoms with Crippen LogP contribution in [-0.4, -0.2) is 24.6 Å². The third kappa shape index (κ3) is 7.39. The maximum atomic E-state index is 12.1. The van der Waals surface area contributed by atoms with Gasteiger partial charge < -0.3 is 5.11 Å². The van der Waals surface area contributed by atoms with E-state index in [1.807, 2.05) is 36.5 Å². The van der Waals surface area contributed by atoms with Crippen molar-refractivity contribution in [2.24, 2.45) is 0 Å². The SMILES string of the molecule is CC(C)(C)c1cc(C(C)(C)C)c(O)c(-c2nc3c(-c4cc(-c5ccccc5)cc(-c5cc(-c6ccc(-c7ccccc7)cc6)ccn5)c4)cccc3n2-c2ccccc2)n1. The van der Waals surface area contributed by atoms with Gasteiger partial charge in [0, 0.05) is 39.7 Å². The Labute approximate surface area is 352 Å². The Kier molecular flexibility index (Phi) is 9.76. The van der Waals surface area contributed by atoms with E-state index in [1.165, 1.54) is 11.1 Å². The summed E-state index contributed by atoms with van der Waals surface area (Å²) >= 11 is 0. The molecule has 0 atom stereocenters. The van der Waals surface area contributed by atoms with Crippen LogP contribution < -0.4 is 0 Å². The third-order valence-corrected chi connectivity index (χ3v) is 11.2. The van der Waals surface area contributed by atoms with Gasteiger partial charge in [-0.2, -0.15) is 0 Å². The van der Waals surface area contributed by atoms with Gasteiger partial charge in [0.1, 0.15) is 11.4 Å². The van der Waals surface area contributed by atoms with Gasteiger partial charge in [0.15, 0.2) is 5.82 Å². The average molecular weight is 781 g/mol. The first kappa shape index (κ1) is 38.4. The molecule has 0 spiro atoms. The normalized spacial score (nSPS) is 11.9. The van der Waals surface area contributed by atoms with E-state index in [1.54, 1.807) is 0 Å². The van der Waals surface area contributed by atoms with Gasteiger partial charge in [0.2, 0.25) is 0 Å². The fourth-order valence-electron chi connectivity index (χ4n) is 7.96.